The smallest absolute Gasteiger partial charge is 0.410 e. The zero-order valence-corrected chi connectivity index (χ0v) is 23.4. The van der Waals surface area contributed by atoms with E-state index in [2.05, 4.69) is 24.8 Å². The number of carbonyl (C=O) groups excluding carboxylic acids is 1. The second-order valence-electron chi connectivity index (χ2n) is 10.1. The second kappa shape index (κ2) is 12.8. The van der Waals surface area contributed by atoms with Crippen molar-refractivity contribution in [2.75, 3.05) is 33.2 Å². The minimum absolute atomic E-state index is 0. The molecule has 0 aromatic carbocycles. The number of halogens is 1. The number of amides is 1. The van der Waals surface area contributed by atoms with Crippen molar-refractivity contribution in [1.82, 2.24) is 24.7 Å². The Bertz CT molecular complexity index is 763. The van der Waals surface area contributed by atoms with Gasteiger partial charge in [0, 0.05) is 58.2 Å². The summed E-state index contributed by atoms with van der Waals surface area (Å²) in [6, 6.07) is 0.248. The summed E-state index contributed by atoms with van der Waals surface area (Å²) in [7, 11) is 1.85. The van der Waals surface area contributed by atoms with Gasteiger partial charge in [-0.25, -0.2) is 9.78 Å². The van der Waals surface area contributed by atoms with Gasteiger partial charge in [0.1, 0.15) is 11.4 Å². The summed E-state index contributed by atoms with van der Waals surface area (Å²) in [6.45, 7) is 12.4. The fourth-order valence-electron chi connectivity index (χ4n) is 4.24. The van der Waals surface area contributed by atoms with E-state index in [9.17, 15) is 4.79 Å². The first-order valence-corrected chi connectivity index (χ1v) is 12.2. The van der Waals surface area contributed by atoms with Crippen molar-refractivity contribution < 1.29 is 9.53 Å². The highest BCUT2D eigenvalue weighted by Crippen LogP contribution is 2.32. The number of aryl methyl sites for hydroxylation is 2. The van der Waals surface area contributed by atoms with E-state index in [1.54, 1.807) is 0 Å². The molecule has 1 aliphatic carbocycles. The Kier molecular flexibility index (Phi) is 10.8. The minimum atomic E-state index is -0.456. The summed E-state index contributed by atoms with van der Waals surface area (Å²) in [5.41, 5.74) is -0.456. The third kappa shape index (κ3) is 8.98. The molecule has 188 valence electrons. The molecule has 33 heavy (non-hydrogen) atoms. The molecule has 2 fully saturated rings. The number of likely N-dealkylation sites (tertiary alicyclic amines) is 1. The fraction of sp³-hybridized carbons (Fsp3) is 0.792. The van der Waals surface area contributed by atoms with E-state index in [1.807, 2.05) is 52.0 Å². The highest BCUT2D eigenvalue weighted by molar-refractivity contribution is 14.0. The Hall–Kier alpha value is -1.52. The van der Waals surface area contributed by atoms with Crippen molar-refractivity contribution in [2.24, 2.45) is 10.9 Å². The van der Waals surface area contributed by atoms with Gasteiger partial charge in [0.25, 0.3) is 0 Å². The molecular formula is C24H43IN6O2. The number of nitrogens with one attached hydrogen (secondary N) is 1. The fourth-order valence-corrected chi connectivity index (χ4v) is 4.24. The molecule has 1 saturated carbocycles. The monoisotopic (exact) mass is 574 g/mol. The van der Waals surface area contributed by atoms with E-state index in [1.165, 1.54) is 12.8 Å². The molecule has 3 rings (SSSR count). The van der Waals surface area contributed by atoms with Crippen LogP contribution in [0, 0.1) is 12.8 Å². The third-order valence-electron chi connectivity index (χ3n) is 6.23. The second-order valence-corrected chi connectivity index (χ2v) is 10.1. The van der Waals surface area contributed by atoms with Crippen molar-refractivity contribution in [1.29, 1.82) is 0 Å². The van der Waals surface area contributed by atoms with Crippen LogP contribution in [-0.4, -0.2) is 76.3 Å². The molecule has 0 unspecified atom stereocenters. The number of piperidine rings is 1. The van der Waals surface area contributed by atoms with Crippen LogP contribution >= 0.6 is 24.0 Å². The normalized spacial score (nSPS) is 17.5. The zero-order valence-electron chi connectivity index (χ0n) is 21.0. The zero-order chi connectivity index (χ0) is 23.1. The number of hydrogen-bond donors (Lipinski definition) is 1. The van der Waals surface area contributed by atoms with Crippen LogP contribution in [0.4, 0.5) is 4.79 Å². The van der Waals surface area contributed by atoms with Crippen LogP contribution in [0.1, 0.15) is 65.1 Å². The van der Waals surface area contributed by atoms with Gasteiger partial charge in [-0.15, -0.1) is 24.0 Å². The number of hydrogen-bond acceptors (Lipinski definition) is 4. The molecule has 1 saturated heterocycles. The van der Waals surface area contributed by atoms with E-state index in [-0.39, 0.29) is 36.1 Å². The lowest BCUT2D eigenvalue weighted by Crippen LogP contribution is -2.52. The molecule has 9 heteroatoms. The van der Waals surface area contributed by atoms with E-state index in [4.69, 9.17) is 4.74 Å². The van der Waals surface area contributed by atoms with Gasteiger partial charge < -0.3 is 24.4 Å². The lowest BCUT2D eigenvalue weighted by atomic mass is 10.0. The molecule has 0 spiro atoms. The number of ether oxygens (including phenoxy) is 1. The first-order chi connectivity index (χ1) is 15.3. The van der Waals surface area contributed by atoms with Crippen LogP contribution in [0.5, 0.6) is 0 Å². The molecular weight excluding hydrogens is 531 g/mol. The Morgan fingerprint density at radius 3 is 2.48 bits per heavy atom. The van der Waals surface area contributed by atoms with Crippen molar-refractivity contribution in [3.05, 3.63) is 18.2 Å². The maximum absolute atomic E-state index is 12.9. The van der Waals surface area contributed by atoms with Crippen molar-refractivity contribution in [3.8, 4) is 0 Å². The molecule has 0 bridgehead atoms. The van der Waals surface area contributed by atoms with Gasteiger partial charge in [-0.3, -0.25) is 4.99 Å². The largest absolute Gasteiger partial charge is 0.444 e. The molecule has 1 aromatic rings. The summed E-state index contributed by atoms with van der Waals surface area (Å²) in [4.78, 5) is 25.9. The van der Waals surface area contributed by atoms with Crippen LogP contribution in [0.25, 0.3) is 0 Å². The van der Waals surface area contributed by atoms with Crippen LogP contribution < -0.4 is 5.32 Å². The van der Waals surface area contributed by atoms with E-state index >= 15 is 0 Å². The molecule has 1 amide bonds. The van der Waals surface area contributed by atoms with Gasteiger partial charge in [-0.05, 0) is 72.1 Å². The van der Waals surface area contributed by atoms with Gasteiger partial charge in [-0.1, -0.05) is 0 Å². The summed E-state index contributed by atoms with van der Waals surface area (Å²) < 4.78 is 7.91. The molecule has 0 atom stereocenters. The Labute approximate surface area is 216 Å². The van der Waals surface area contributed by atoms with Crippen molar-refractivity contribution in [2.45, 2.75) is 84.4 Å². The molecule has 2 heterocycles. The topological polar surface area (TPSA) is 75.0 Å². The SMILES string of the molecule is CN=C(NCCCCn1ccnc1C)N1CCC(N(CC2CC2)C(=O)OC(C)(C)C)CC1.I. The van der Waals surface area contributed by atoms with Gasteiger partial charge in [0.05, 0.1) is 0 Å². The first-order valence-electron chi connectivity index (χ1n) is 12.2. The highest BCUT2D eigenvalue weighted by atomic mass is 127. The Morgan fingerprint density at radius 1 is 1.24 bits per heavy atom. The quantitative estimate of drug-likeness (QED) is 0.217. The Balaban J connectivity index is 0.00000385. The molecule has 1 aliphatic heterocycles. The van der Waals surface area contributed by atoms with Gasteiger partial charge >= 0.3 is 6.09 Å². The predicted octanol–water partition coefficient (Wildman–Crippen LogP) is 4.28. The number of unbranched alkanes of at least 4 members (excludes halogenated alkanes) is 1. The number of carbonyl (C=O) groups is 1. The number of aromatic nitrogens is 2. The van der Waals surface area contributed by atoms with Crippen LogP contribution in [0.15, 0.2) is 17.4 Å². The molecule has 1 aromatic heterocycles. The standard InChI is InChI=1S/C24H42N6O2.HI/c1-19-26-13-17-28(19)14-7-6-12-27-22(25-5)29-15-10-21(11-16-29)30(18-20-8-9-20)23(31)32-24(2,3)4;/h13,17,20-21H,6-12,14-16,18H2,1-5H3,(H,25,27);1H. The van der Waals surface area contributed by atoms with Gasteiger partial charge in [0.15, 0.2) is 5.96 Å². The maximum Gasteiger partial charge on any atom is 0.410 e. The number of rotatable bonds is 8. The van der Waals surface area contributed by atoms with E-state index < -0.39 is 5.60 Å². The summed E-state index contributed by atoms with van der Waals surface area (Å²) in [5.74, 6) is 2.69. The predicted molar refractivity (Wildman–Crippen MR) is 143 cm³/mol. The van der Waals surface area contributed by atoms with E-state index in [0.717, 1.165) is 70.2 Å². The minimum Gasteiger partial charge on any atom is -0.444 e. The Morgan fingerprint density at radius 2 is 1.94 bits per heavy atom. The summed E-state index contributed by atoms with van der Waals surface area (Å²) in [5, 5.41) is 3.52. The van der Waals surface area contributed by atoms with E-state index in [0.29, 0.717) is 5.92 Å². The van der Waals surface area contributed by atoms with Gasteiger partial charge in [-0.2, -0.15) is 0 Å². The van der Waals surface area contributed by atoms with Crippen LogP contribution in [0.3, 0.4) is 0 Å². The van der Waals surface area contributed by atoms with Crippen molar-refractivity contribution >= 4 is 36.0 Å². The van der Waals surface area contributed by atoms with Crippen LogP contribution in [-0.2, 0) is 11.3 Å². The number of aliphatic imine (C=N–C) groups is 1. The molecule has 8 nitrogen and oxygen atoms in total. The number of nitrogens with zero attached hydrogens (tertiary/aromatic N) is 5. The molecule has 2 aliphatic rings. The summed E-state index contributed by atoms with van der Waals surface area (Å²) in [6.07, 6.45) is 10.3. The first kappa shape index (κ1) is 27.7. The third-order valence-corrected chi connectivity index (χ3v) is 6.23. The average molecular weight is 575 g/mol. The number of guanidine groups is 1. The van der Waals surface area contributed by atoms with Crippen LogP contribution in [0.2, 0.25) is 0 Å². The lowest BCUT2D eigenvalue weighted by Gasteiger charge is -2.40. The summed E-state index contributed by atoms with van der Waals surface area (Å²) >= 11 is 0. The highest BCUT2D eigenvalue weighted by Gasteiger charge is 2.35. The molecule has 0 radical (unpaired) electrons. The number of imidazole rings is 1. The lowest BCUT2D eigenvalue weighted by molar-refractivity contribution is 0.00928. The molecule has 1 N–H and O–H groups in total. The maximum atomic E-state index is 12.9. The van der Waals surface area contributed by atoms with Crippen molar-refractivity contribution in [3.63, 3.8) is 0 Å². The average Bonchev–Trinajstić information content (AvgIpc) is 3.48. The van der Waals surface area contributed by atoms with Gasteiger partial charge in [0.2, 0.25) is 0 Å².